The number of anilines is 4. The molecular weight excluding hydrogens is 410 g/mol. The summed E-state index contributed by atoms with van der Waals surface area (Å²) in [7, 11) is 1.74. The molecule has 1 fully saturated rings. The van der Waals surface area contributed by atoms with Gasteiger partial charge in [0.2, 0.25) is 17.8 Å². The summed E-state index contributed by atoms with van der Waals surface area (Å²) in [4.78, 5) is 38.6. The van der Waals surface area contributed by atoms with E-state index in [2.05, 4.69) is 40.0 Å². The van der Waals surface area contributed by atoms with Gasteiger partial charge in [0.25, 0.3) is 0 Å². The number of carbonyl (C=O) groups is 1. The number of aromatic nitrogens is 6. The van der Waals surface area contributed by atoms with Crippen LogP contribution < -0.4 is 15.1 Å². The summed E-state index contributed by atoms with van der Waals surface area (Å²) in [5.41, 5.74) is 1.52. The molecule has 0 saturated carbocycles. The Kier molecular flexibility index (Phi) is 6.43. The molecule has 3 aromatic rings. The molecule has 0 spiro atoms. The van der Waals surface area contributed by atoms with Crippen LogP contribution in [-0.2, 0) is 18.2 Å². The van der Waals surface area contributed by atoms with Crippen LogP contribution in [0.1, 0.15) is 30.2 Å². The third-order valence-electron chi connectivity index (χ3n) is 5.27. The molecule has 11 heteroatoms. The van der Waals surface area contributed by atoms with E-state index in [-0.39, 0.29) is 0 Å². The number of nitrogens with one attached hydrogen (secondary N) is 1. The quantitative estimate of drug-likeness (QED) is 0.549. The van der Waals surface area contributed by atoms with Gasteiger partial charge in [0.15, 0.2) is 0 Å². The van der Waals surface area contributed by atoms with Crippen molar-refractivity contribution >= 4 is 29.5 Å². The second-order valence-corrected chi connectivity index (χ2v) is 7.28. The van der Waals surface area contributed by atoms with Gasteiger partial charge in [0.1, 0.15) is 11.5 Å². The van der Waals surface area contributed by atoms with E-state index >= 15 is 0 Å². The monoisotopic (exact) mass is 437 g/mol. The van der Waals surface area contributed by atoms with Crippen molar-refractivity contribution < 1.29 is 9.53 Å². The van der Waals surface area contributed by atoms with Crippen LogP contribution in [0.2, 0.25) is 0 Å². The molecule has 0 amide bonds. The SMILES string of the molecule is CCOC(=O)c1cnc(Nc2nc(CC)nc(N3CCN(c4ccncc4)CC3)n2)n1C. The Labute approximate surface area is 186 Å². The number of nitrogens with zero attached hydrogens (tertiary/aromatic N) is 8. The third-order valence-corrected chi connectivity index (χ3v) is 5.27. The van der Waals surface area contributed by atoms with E-state index in [1.165, 1.54) is 11.9 Å². The molecule has 0 bridgehead atoms. The predicted octanol–water partition coefficient (Wildman–Crippen LogP) is 1.81. The fourth-order valence-corrected chi connectivity index (χ4v) is 3.50. The second kappa shape index (κ2) is 9.58. The number of esters is 1. The lowest BCUT2D eigenvalue weighted by molar-refractivity contribution is 0.0515. The van der Waals surface area contributed by atoms with Crippen LogP contribution >= 0.6 is 0 Å². The van der Waals surface area contributed by atoms with Gasteiger partial charge in [-0.2, -0.15) is 15.0 Å². The van der Waals surface area contributed by atoms with Gasteiger partial charge in [-0.25, -0.2) is 9.78 Å². The number of piperazine rings is 1. The zero-order valence-corrected chi connectivity index (χ0v) is 18.5. The number of pyridine rings is 1. The van der Waals surface area contributed by atoms with Crippen molar-refractivity contribution in [1.82, 2.24) is 29.5 Å². The first kappa shape index (κ1) is 21.5. The molecule has 1 saturated heterocycles. The van der Waals surface area contributed by atoms with E-state index in [9.17, 15) is 4.79 Å². The van der Waals surface area contributed by atoms with Crippen LogP contribution in [0.15, 0.2) is 30.7 Å². The number of hydrogen-bond donors (Lipinski definition) is 1. The van der Waals surface area contributed by atoms with Crippen LogP contribution in [0.3, 0.4) is 0 Å². The highest BCUT2D eigenvalue weighted by Crippen LogP contribution is 2.20. The smallest absolute Gasteiger partial charge is 0.356 e. The Hall–Kier alpha value is -3.76. The first-order valence-corrected chi connectivity index (χ1v) is 10.7. The van der Waals surface area contributed by atoms with Crippen LogP contribution in [-0.4, -0.2) is 68.2 Å². The minimum Gasteiger partial charge on any atom is -0.461 e. The molecule has 11 nitrogen and oxygen atoms in total. The summed E-state index contributed by atoms with van der Waals surface area (Å²) >= 11 is 0. The molecule has 4 heterocycles. The normalized spacial score (nSPS) is 13.8. The Balaban J connectivity index is 1.50. The summed E-state index contributed by atoms with van der Waals surface area (Å²) in [6, 6.07) is 4.04. The van der Waals surface area contributed by atoms with Crippen molar-refractivity contribution in [2.45, 2.75) is 20.3 Å². The van der Waals surface area contributed by atoms with Gasteiger partial charge < -0.3 is 19.1 Å². The molecular formula is C21H27N9O2. The molecule has 3 aromatic heterocycles. The summed E-state index contributed by atoms with van der Waals surface area (Å²) < 4.78 is 6.69. The van der Waals surface area contributed by atoms with E-state index in [0.29, 0.717) is 42.4 Å². The van der Waals surface area contributed by atoms with Crippen LogP contribution in [0.25, 0.3) is 0 Å². The minimum absolute atomic E-state index is 0.303. The zero-order chi connectivity index (χ0) is 22.5. The van der Waals surface area contributed by atoms with Crippen LogP contribution in [0, 0.1) is 0 Å². The van der Waals surface area contributed by atoms with Crippen molar-refractivity contribution in [3.63, 3.8) is 0 Å². The van der Waals surface area contributed by atoms with E-state index < -0.39 is 5.97 Å². The van der Waals surface area contributed by atoms with E-state index in [1.54, 1.807) is 18.5 Å². The third kappa shape index (κ3) is 4.61. The van der Waals surface area contributed by atoms with Crippen molar-refractivity contribution in [2.24, 2.45) is 7.05 Å². The molecule has 0 radical (unpaired) electrons. The average molecular weight is 438 g/mol. The number of carbonyl (C=O) groups excluding carboxylic acids is 1. The van der Waals surface area contributed by atoms with Crippen LogP contribution in [0.5, 0.6) is 0 Å². The number of aryl methyl sites for hydroxylation is 1. The van der Waals surface area contributed by atoms with Gasteiger partial charge in [0.05, 0.1) is 12.8 Å². The Morgan fingerprint density at radius 2 is 1.78 bits per heavy atom. The van der Waals surface area contributed by atoms with Gasteiger partial charge in [0, 0.05) is 57.7 Å². The zero-order valence-electron chi connectivity index (χ0n) is 18.5. The lowest BCUT2D eigenvalue weighted by Crippen LogP contribution is -2.47. The Morgan fingerprint density at radius 3 is 2.47 bits per heavy atom. The van der Waals surface area contributed by atoms with Gasteiger partial charge in [-0.15, -0.1) is 0 Å². The van der Waals surface area contributed by atoms with Crippen molar-refractivity contribution in [1.29, 1.82) is 0 Å². The maximum absolute atomic E-state index is 12.1. The molecule has 4 rings (SSSR count). The highest BCUT2D eigenvalue weighted by atomic mass is 16.5. The standard InChI is InChI=1S/C21H27N9O2/c1-4-17-24-19(26-20-23-14-16(28(20)3)18(31)32-5-2)27-21(25-17)30-12-10-29(11-13-30)15-6-8-22-9-7-15/h6-9,14H,4-5,10-13H2,1-3H3,(H,23,24,25,26,27). The van der Waals surface area contributed by atoms with Gasteiger partial charge >= 0.3 is 5.97 Å². The van der Waals surface area contributed by atoms with Gasteiger partial charge in [-0.1, -0.05) is 6.92 Å². The molecule has 32 heavy (non-hydrogen) atoms. The largest absolute Gasteiger partial charge is 0.461 e. The maximum Gasteiger partial charge on any atom is 0.356 e. The summed E-state index contributed by atoms with van der Waals surface area (Å²) in [5, 5.41) is 3.12. The fourth-order valence-electron chi connectivity index (χ4n) is 3.50. The Morgan fingerprint density at radius 1 is 1.06 bits per heavy atom. The topological polar surface area (TPSA) is 114 Å². The Bertz CT molecular complexity index is 1060. The average Bonchev–Trinajstić information content (AvgIpc) is 3.19. The molecule has 0 aliphatic carbocycles. The summed E-state index contributed by atoms with van der Waals surface area (Å²) in [6.45, 7) is 7.39. The molecule has 1 aliphatic heterocycles. The fraction of sp³-hybridized carbons (Fsp3) is 0.429. The van der Waals surface area contributed by atoms with Crippen LogP contribution in [0.4, 0.5) is 23.5 Å². The first-order valence-electron chi connectivity index (χ1n) is 10.7. The number of rotatable bonds is 7. The number of ether oxygens (including phenoxy) is 1. The lowest BCUT2D eigenvalue weighted by Gasteiger charge is -2.36. The van der Waals surface area contributed by atoms with Crippen molar-refractivity contribution in [3.05, 3.63) is 42.2 Å². The molecule has 0 unspecified atom stereocenters. The molecule has 1 N–H and O–H groups in total. The number of hydrogen-bond acceptors (Lipinski definition) is 10. The highest BCUT2D eigenvalue weighted by Gasteiger charge is 2.21. The second-order valence-electron chi connectivity index (χ2n) is 7.28. The van der Waals surface area contributed by atoms with Gasteiger partial charge in [-0.05, 0) is 19.1 Å². The van der Waals surface area contributed by atoms with Gasteiger partial charge in [-0.3, -0.25) is 10.3 Å². The van der Waals surface area contributed by atoms with Crippen molar-refractivity contribution in [3.8, 4) is 0 Å². The summed E-state index contributed by atoms with van der Waals surface area (Å²) in [6.07, 6.45) is 5.77. The first-order chi connectivity index (χ1) is 15.6. The van der Waals surface area contributed by atoms with Crippen molar-refractivity contribution in [2.75, 3.05) is 47.9 Å². The van der Waals surface area contributed by atoms with E-state index in [4.69, 9.17) is 4.74 Å². The molecule has 0 atom stereocenters. The van der Waals surface area contributed by atoms with E-state index in [1.807, 2.05) is 31.5 Å². The highest BCUT2D eigenvalue weighted by molar-refractivity contribution is 5.88. The van der Waals surface area contributed by atoms with E-state index in [0.717, 1.165) is 26.2 Å². The molecule has 1 aliphatic rings. The lowest BCUT2D eigenvalue weighted by atomic mass is 10.3. The predicted molar refractivity (Wildman–Crippen MR) is 120 cm³/mol. The summed E-state index contributed by atoms with van der Waals surface area (Å²) in [5.74, 6) is 1.75. The molecule has 168 valence electrons. The number of imidazole rings is 1. The maximum atomic E-state index is 12.1. The molecule has 0 aromatic carbocycles. The minimum atomic E-state index is -0.423.